The van der Waals surface area contributed by atoms with E-state index in [1.807, 2.05) is 0 Å². The van der Waals surface area contributed by atoms with Crippen LogP contribution in [-0.2, 0) is 12.3 Å². The molecule has 2 aromatic carbocycles. The van der Waals surface area contributed by atoms with Gasteiger partial charge in [-0.05, 0) is 18.2 Å². The number of fused-ring (bicyclic) bond motifs is 1. The van der Waals surface area contributed by atoms with Gasteiger partial charge >= 0.3 is 0 Å². The van der Waals surface area contributed by atoms with E-state index in [9.17, 15) is 14.9 Å². The molecule has 0 amide bonds. The Balaban J connectivity index is 2.04. The number of halogens is 1. The first-order chi connectivity index (χ1) is 12.5. The van der Waals surface area contributed by atoms with Gasteiger partial charge in [0.2, 0.25) is 0 Å². The average Bonchev–Trinajstić information content (AvgIpc) is 2.62. The van der Waals surface area contributed by atoms with Crippen molar-refractivity contribution in [3.63, 3.8) is 0 Å². The molecule has 132 valence electrons. The first-order valence-corrected chi connectivity index (χ1v) is 9.03. The van der Waals surface area contributed by atoms with E-state index in [2.05, 4.69) is 11.6 Å². The van der Waals surface area contributed by atoms with Crippen LogP contribution in [0.15, 0.2) is 65.1 Å². The van der Waals surface area contributed by atoms with E-state index in [0.29, 0.717) is 38.9 Å². The maximum Gasteiger partial charge on any atom is 0.273 e. The quantitative estimate of drug-likeness (QED) is 0.205. The summed E-state index contributed by atoms with van der Waals surface area (Å²) in [7, 11) is 0. The van der Waals surface area contributed by atoms with E-state index in [-0.39, 0.29) is 11.2 Å². The largest absolute Gasteiger partial charge is 0.283 e. The molecular formula is C18H14ClN3O3S. The van der Waals surface area contributed by atoms with Crippen molar-refractivity contribution < 1.29 is 4.92 Å². The van der Waals surface area contributed by atoms with Crippen molar-refractivity contribution in [2.45, 2.75) is 17.5 Å². The smallest absolute Gasteiger partial charge is 0.273 e. The van der Waals surface area contributed by atoms with Crippen molar-refractivity contribution in [3.05, 3.63) is 86.2 Å². The summed E-state index contributed by atoms with van der Waals surface area (Å²) >= 11 is 7.27. The minimum atomic E-state index is -0.416. The van der Waals surface area contributed by atoms with Crippen molar-refractivity contribution in [1.82, 2.24) is 9.55 Å². The summed E-state index contributed by atoms with van der Waals surface area (Å²) in [4.78, 5) is 28.0. The van der Waals surface area contributed by atoms with Gasteiger partial charge in [-0.1, -0.05) is 47.6 Å². The monoisotopic (exact) mass is 387 g/mol. The summed E-state index contributed by atoms with van der Waals surface area (Å²) in [6.45, 7) is 3.98. The Morgan fingerprint density at radius 1 is 1.31 bits per heavy atom. The van der Waals surface area contributed by atoms with E-state index < -0.39 is 4.92 Å². The molecule has 0 saturated carbocycles. The maximum atomic E-state index is 12.7. The molecule has 1 aromatic heterocycles. The fourth-order valence-corrected chi connectivity index (χ4v) is 3.70. The Labute approximate surface area is 158 Å². The molecule has 26 heavy (non-hydrogen) atoms. The van der Waals surface area contributed by atoms with Gasteiger partial charge in [0.1, 0.15) is 0 Å². The highest BCUT2D eigenvalue weighted by Crippen LogP contribution is 2.27. The van der Waals surface area contributed by atoms with Crippen LogP contribution >= 0.6 is 23.4 Å². The van der Waals surface area contributed by atoms with E-state index in [1.165, 1.54) is 22.4 Å². The lowest BCUT2D eigenvalue weighted by Gasteiger charge is -2.11. The molecule has 0 saturated heterocycles. The number of para-hydroxylation sites is 1. The summed E-state index contributed by atoms with van der Waals surface area (Å²) in [5.41, 5.74) is 0.902. The van der Waals surface area contributed by atoms with E-state index >= 15 is 0 Å². The summed E-state index contributed by atoms with van der Waals surface area (Å²) in [6.07, 6.45) is 1.61. The molecule has 3 aromatic rings. The number of thioether (sulfide) groups is 1. The minimum absolute atomic E-state index is 0.0430. The van der Waals surface area contributed by atoms with Gasteiger partial charge in [0.05, 0.1) is 15.8 Å². The molecule has 1 heterocycles. The van der Waals surface area contributed by atoms with Crippen LogP contribution in [0.2, 0.25) is 5.02 Å². The van der Waals surface area contributed by atoms with Gasteiger partial charge < -0.3 is 0 Å². The molecule has 0 N–H and O–H groups in total. The van der Waals surface area contributed by atoms with Gasteiger partial charge in [-0.2, -0.15) is 0 Å². The number of nitrogens with zero attached hydrogens (tertiary/aromatic N) is 3. The lowest BCUT2D eigenvalue weighted by molar-refractivity contribution is -0.385. The molecule has 0 aliphatic heterocycles. The van der Waals surface area contributed by atoms with Gasteiger partial charge in [0.25, 0.3) is 11.2 Å². The second-order valence-corrected chi connectivity index (χ2v) is 6.81. The van der Waals surface area contributed by atoms with E-state index in [0.717, 1.165) is 0 Å². The van der Waals surface area contributed by atoms with E-state index in [4.69, 9.17) is 11.6 Å². The van der Waals surface area contributed by atoms with Crippen molar-refractivity contribution in [2.75, 3.05) is 0 Å². The first-order valence-electron chi connectivity index (χ1n) is 7.67. The molecule has 6 nitrogen and oxygen atoms in total. The second-order valence-electron chi connectivity index (χ2n) is 5.43. The van der Waals surface area contributed by atoms with Gasteiger partial charge in [-0.25, -0.2) is 4.98 Å². The SMILES string of the molecule is C=CCn1c(SCc2ccccc2[N+](=O)[O-])nc2cc(Cl)ccc2c1=O. The van der Waals surface area contributed by atoms with Crippen molar-refractivity contribution in [3.8, 4) is 0 Å². The summed E-state index contributed by atoms with van der Waals surface area (Å²) in [6, 6.07) is 11.4. The highest BCUT2D eigenvalue weighted by molar-refractivity contribution is 7.98. The first kappa shape index (κ1) is 18.2. The average molecular weight is 388 g/mol. The predicted octanol–water partition coefficient (Wildman–Crippen LogP) is 4.44. The Morgan fingerprint density at radius 2 is 2.08 bits per heavy atom. The van der Waals surface area contributed by atoms with Gasteiger partial charge in [-0.3, -0.25) is 19.5 Å². The Bertz CT molecular complexity index is 1070. The molecule has 8 heteroatoms. The number of benzene rings is 2. The third-order valence-electron chi connectivity index (χ3n) is 3.74. The fourth-order valence-electron chi connectivity index (χ4n) is 2.53. The predicted molar refractivity (Wildman–Crippen MR) is 104 cm³/mol. The van der Waals surface area contributed by atoms with Crippen molar-refractivity contribution in [1.29, 1.82) is 0 Å². The second kappa shape index (κ2) is 7.72. The minimum Gasteiger partial charge on any atom is -0.283 e. The maximum absolute atomic E-state index is 12.7. The zero-order valence-corrected chi connectivity index (χ0v) is 15.2. The highest BCUT2D eigenvalue weighted by Gasteiger charge is 2.15. The van der Waals surface area contributed by atoms with Gasteiger partial charge in [0.15, 0.2) is 5.16 Å². The van der Waals surface area contributed by atoms with Crippen molar-refractivity contribution >= 4 is 40.0 Å². The zero-order chi connectivity index (χ0) is 18.7. The molecule has 0 spiro atoms. The third kappa shape index (κ3) is 3.63. The lowest BCUT2D eigenvalue weighted by atomic mass is 10.2. The van der Waals surface area contributed by atoms with Crippen LogP contribution in [-0.4, -0.2) is 14.5 Å². The summed E-state index contributed by atoms with van der Waals surface area (Å²) in [5.74, 6) is 0.312. The number of hydrogen-bond acceptors (Lipinski definition) is 5. The zero-order valence-electron chi connectivity index (χ0n) is 13.6. The Kier molecular flexibility index (Phi) is 5.39. The molecule has 0 bridgehead atoms. The Morgan fingerprint density at radius 3 is 2.81 bits per heavy atom. The number of nitro benzene ring substituents is 1. The van der Waals surface area contributed by atoms with Crippen LogP contribution in [0, 0.1) is 10.1 Å². The third-order valence-corrected chi connectivity index (χ3v) is 5.00. The van der Waals surface area contributed by atoms with Crippen LogP contribution in [0.25, 0.3) is 10.9 Å². The molecule has 0 fully saturated rings. The molecule has 0 radical (unpaired) electrons. The normalized spacial score (nSPS) is 10.8. The number of hydrogen-bond donors (Lipinski definition) is 0. The number of nitro groups is 1. The van der Waals surface area contributed by atoms with Crippen LogP contribution in [0.5, 0.6) is 0 Å². The topological polar surface area (TPSA) is 78.0 Å². The molecule has 0 unspecified atom stereocenters. The lowest BCUT2D eigenvalue weighted by Crippen LogP contribution is -2.22. The fraction of sp³-hybridized carbons (Fsp3) is 0.111. The van der Waals surface area contributed by atoms with Crippen LogP contribution in [0.4, 0.5) is 5.69 Å². The molecule has 0 aliphatic carbocycles. The van der Waals surface area contributed by atoms with Crippen molar-refractivity contribution in [2.24, 2.45) is 0 Å². The van der Waals surface area contributed by atoms with Gasteiger partial charge in [-0.15, -0.1) is 6.58 Å². The Hall–Kier alpha value is -2.64. The molecule has 0 atom stereocenters. The summed E-state index contributed by atoms with van der Waals surface area (Å²) < 4.78 is 1.50. The molecular weight excluding hydrogens is 374 g/mol. The highest BCUT2D eigenvalue weighted by atomic mass is 35.5. The summed E-state index contributed by atoms with van der Waals surface area (Å²) in [5, 5.41) is 12.6. The number of aromatic nitrogens is 2. The van der Waals surface area contributed by atoms with Gasteiger partial charge in [0, 0.05) is 29.0 Å². The number of rotatable bonds is 6. The number of allylic oxidation sites excluding steroid dienone is 1. The van der Waals surface area contributed by atoms with Crippen LogP contribution in [0.3, 0.4) is 0 Å². The standard InChI is InChI=1S/C18H14ClN3O3S/c1-2-9-21-17(23)14-8-7-13(19)10-15(14)20-18(21)26-11-12-5-3-4-6-16(12)22(24)25/h2-8,10H,1,9,11H2. The van der Waals surface area contributed by atoms with E-state index in [1.54, 1.807) is 42.5 Å². The van der Waals surface area contributed by atoms with Crippen LogP contribution in [0.1, 0.15) is 5.56 Å². The van der Waals surface area contributed by atoms with Crippen LogP contribution < -0.4 is 5.56 Å². The molecule has 0 aliphatic rings. The molecule has 3 rings (SSSR count).